The molecule has 15 heavy (non-hydrogen) atoms. The van der Waals surface area contributed by atoms with Crippen LogP contribution in [0.4, 0.5) is 13.2 Å². The van der Waals surface area contributed by atoms with Gasteiger partial charge in [-0.15, -0.1) is 0 Å². The summed E-state index contributed by atoms with van der Waals surface area (Å²) < 4.78 is 37.0. The van der Waals surface area contributed by atoms with Crippen molar-refractivity contribution in [1.82, 2.24) is 4.98 Å². The minimum Gasteiger partial charge on any atom is -0.275 e. The molecule has 0 aliphatic heterocycles. The number of nitrogens with zero attached hydrogens (tertiary/aromatic N) is 2. The van der Waals surface area contributed by atoms with E-state index in [4.69, 9.17) is 16.9 Å². The molecule has 0 unspecified atom stereocenters. The average Bonchev–Trinajstić information content (AvgIpc) is 2.15. The van der Waals surface area contributed by atoms with Crippen LogP contribution < -0.4 is 0 Å². The number of hydrogen-bond acceptors (Lipinski definition) is 3. The molecule has 0 radical (unpaired) electrons. The van der Waals surface area contributed by atoms with Crippen molar-refractivity contribution in [3.8, 4) is 6.07 Å². The van der Waals surface area contributed by atoms with Crippen LogP contribution in [0.5, 0.6) is 0 Å². The Bertz CT molecular complexity index is 450. The van der Waals surface area contributed by atoms with E-state index in [1.165, 1.54) is 6.07 Å². The third-order valence-corrected chi connectivity index (χ3v) is 1.73. The number of rotatable bonds is 1. The normalized spacial score (nSPS) is 10.9. The molecule has 0 aliphatic rings. The van der Waals surface area contributed by atoms with E-state index in [0.717, 1.165) is 12.3 Å². The summed E-state index contributed by atoms with van der Waals surface area (Å²) in [5, 5.41) is 7.15. The maximum Gasteiger partial charge on any atom is 0.434 e. The highest BCUT2D eigenvalue weighted by atomic mass is 35.5. The van der Waals surface area contributed by atoms with Crippen molar-refractivity contribution in [3.63, 3.8) is 0 Å². The standard InChI is InChI=1S/C8H2ClF3N2O/c9-7(15)5-4(3-13)1-2-14-6(5)8(10,11)12/h1-2H. The summed E-state index contributed by atoms with van der Waals surface area (Å²) in [5.74, 6) is 0. The number of hydrogen-bond donors (Lipinski definition) is 0. The molecule has 1 aromatic rings. The number of nitriles is 1. The number of halogens is 4. The van der Waals surface area contributed by atoms with Gasteiger partial charge in [0, 0.05) is 6.20 Å². The van der Waals surface area contributed by atoms with Crippen LogP contribution in [-0.2, 0) is 6.18 Å². The van der Waals surface area contributed by atoms with Crippen molar-refractivity contribution in [1.29, 1.82) is 5.26 Å². The highest BCUT2D eigenvalue weighted by Crippen LogP contribution is 2.32. The molecule has 0 aliphatic carbocycles. The molecule has 0 amide bonds. The molecule has 0 aromatic carbocycles. The molecule has 0 saturated heterocycles. The average molecular weight is 235 g/mol. The van der Waals surface area contributed by atoms with Crippen molar-refractivity contribution >= 4 is 16.8 Å². The first kappa shape index (κ1) is 11.5. The van der Waals surface area contributed by atoms with Gasteiger partial charge in [-0.05, 0) is 17.7 Å². The molecular weight excluding hydrogens is 233 g/mol. The predicted molar refractivity (Wildman–Crippen MR) is 44.1 cm³/mol. The SMILES string of the molecule is N#Cc1ccnc(C(F)(F)F)c1C(=O)Cl. The smallest absolute Gasteiger partial charge is 0.275 e. The van der Waals surface area contributed by atoms with Gasteiger partial charge in [0.1, 0.15) is 6.07 Å². The predicted octanol–water partition coefficient (Wildman–Crippen LogP) is 2.35. The Labute approximate surface area is 87.1 Å². The summed E-state index contributed by atoms with van der Waals surface area (Å²) in [4.78, 5) is 13.8. The molecule has 0 fully saturated rings. The van der Waals surface area contributed by atoms with Crippen LogP contribution in [0.2, 0.25) is 0 Å². The number of pyridine rings is 1. The van der Waals surface area contributed by atoms with Gasteiger partial charge in [0.2, 0.25) is 0 Å². The second-order valence-corrected chi connectivity index (χ2v) is 2.81. The van der Waals surface area contributed by atoms with Gasteiger partial charge in [-0.25, -0.2) is 0 Å². The van der Waals surface area contributed by atoms with Crippen molar-refractivity contribution in [2.45, 2.75) is 6.18 Å². The van der Waals surface area contributed by atoms with Crippen LogP contribution in [-0.4, -0.2) is 10.2 Å². The van der Waals surface area contributed by atoms with Crippen LogP contribution in [0.1, 0.15) is 21.6 Å². The minimum atomic E-state index is -4.81. The molecule has 1 heterocycles. The van der Waals surface area contributed by atoms with Crippen LogP contribution in [0.15, 0.2) is 12.3 Å². The second-order valence-electron chi connectivity index (χ2n) is 2.47. The topological polar surface area (TPSA) is 53.8 Å². The molecule has 0 N–H and O–H groups in total. The molecule has 7 heteroatoms. The lowest BCUT2D eigenvalue weighted by Crippen LogP contribution is -2.14. The zero-order valence-electron chi connectivity index (χ0n) is 6.97. The Morgan fingerprint density at radius 3 is 2.53 bits per heavy atom. The number of carbonyl (C=O) groups is 1. The van der Waals surface area contributed by atoms with Crippen molar-refractivity contribution in [3.05, 3.63) is 29.1 Å². The largest absolute Gasteiger partial charge is 0.434 e. The Balaban J connectivity index is 3.55. The van der Waals surface area contributed by atoms with E-state index < -0.39 is 28.2 Å². The summed E-state index contributed by atoms with van der Waals surface area (Å²) in [6.45, 7) is 0. The van der Waals surface area contributed by atoms with Crippen LogP contribution >= 0.6 is 11.6 Å². The zero-order valence-corrected chi connectivity index (χ0v) is 7.73. The Kier molecular flexibility index (Phi) is 2.95. The quantitative estimate of drug-likeness (QED) is 0.701. The first-order valence-electron chi connectivity index (χ1n) is 3.54. The van der Waals surface area contributed by atoms with Crippen LogP contribution in [0, 0.1) is 11.3 Å². The maximum atomic E-state index is 12.3. The number of aromatic nitrogens is 1. The molecule has 3 nitrogen and oxygen atoms in total. The third kappa shape index (κ3) is 2.25. The Morgan fingerprint density at radius 1 is 1.53 bits per heavy atom. The lowest BCUT2D eigenvalue weighted by molar-refractivity contribution is -0.141. The first-order chi connectivity index (χ1) is 6.88. The lowest BCUT2D eigenvalue weighted by atomic mass is 10.1. The number of carbonyl (C=O) groups excluding carboxylic acids is 1. The van der Waals surface area contributed by atoms with Gasteiger partial charge in [-0.3, -0.25) is 9.78 Å². The highest BCUT2D eigenvalue weighted by molar-refractivity contribution is 6.68. The van der Waals surface area contributed by atoms with E-state index in [0.29, 0.717) is 0 Å². The Morgan fingerprint density at radius 2 is 2.13 bits per heavy atom. The fraction of sp³-hybridized carbons (Fsp3) is 0.125. The molecular formula is C8H2ClF3N2O. The molecule has 78 valence electrons. The molecule has 1 rings (SSSR count). The summed E-state index contributed by atoms with van der Waals surface area (Å²) in [7, 11) is 0. The summed E-state index contributed by atoms with van der Waals surface area (Å²) >= 11 is 4.97. The van der Waals surface area contributed by atoms with Crippen molar-refractivity contribution in [2.24, 2.45) is 0 Å². The van der Waals surface area contributed by atoms with E-state index in [1.807, 2.05) is 0 Å². The minimum absolute atomic E-state index is 0.447. The monoisotopic (exact) mass is 234 g/mol. The fourth-order valence-electron chi connectivity index (χ4n) is 0.969. The molecule has 0 atom stereocenters. The molecule has 0 spiro atoms. The lowest BCUT2D eigenvalue weighted by Gasteiger charge is -2.09. The van der Waals surface area contributed by atoms with Gasteiger partial charge in [-0.2, -0.15) is 18.4 Å². The van der Waals surface area contributed by atoms with Gasteiger partial charge < -0.3 is 0 Å². The zero-order chi connectivity index (χ0) is 11.6. The van der Waals surface area contributed by atoms with E-state index in [9.17, 15) is 18.0 Å². The molecule has 0 bridgehead atoms. The van der Waals surface area contributed by atoms with E-state index in [1.54, 1.807) is 0 Å². The summed E-state index contributed by atoms with van der Waals surface area (Å²) in [5.41, 5.74) is -2.80. The first-order valence-corrected chi connectivity index (χ1v) is 3.92. The van der Waals surface area contributed by atoms with E-state index >= 15 is 0 Å². The summed E-state index contributed by atoms with van der Waals surface area (Å²) in [6.07, 6.45) is -4.02. The van der Waals surface area contributed by atoms with Gasteiger partial charge in [0.15, 0.2) is 5.69 Å². The van der Waals surface area contributed by atoms with Gasteiger partial charge in [0.25, 0.3) is 5.24 Å². The fourth-order valence-corrected chi connectivity index (χ4v) is 1.16. The van der Waals surface area contributed by atoms with Gasteiger partial charge in [0.05, 0.1) is 11.1 Å². The second kappa shape index (κ2) is 3.87. The maximum absolute atomic E-state index is 12.3. The number of alkyl halides is 3. The summed E-state index contributed by atoms with van der Waals surface area (Å²) in [6, 6.07) is 2.44. The third-order valence-electron chi connectivity index (χ3n) is 1.54. The van der Waals surface area contributed by atoms with E-state index in [2.05, 4.69) is 4.98 Å². The highest BCUT2D eigenvalue weighted by Gasteiger charge is 2.38. The van der Waals surface area contributed by atoms with Crippen molar-refractivity contribution in [2.75, 3.05) is 0 Å². The molecule has 0 saturated carbocycles. The Hall–Kier alpha value is -1.61. The van der Waals surface area contributed by atoms with Crippen LogP contribution in [0.3, 0.4) is 0 Å². The van der Waals surface area contributed by atoms with Crippen molar-refractivity contribution < 1.29 is 18.0 Å². The van der Waals surface area contributed by atoms with Gasteiger partial charge >= 0.3 is 6.18 Å². The van der Waals surface area contributed by atoms with Gasteiger partial charge in [-0.1, -0.05) is 0 Å². The van der Waals surface area contributed by atoms with E-state index in [-0.39, 0.29) is 0 Å². The van der Waals surface area contributed by atoms with Crippen LogP contribution in [0.25, 0.3) is 0 Å². The molecule has 1 aromatic heterocycles.